The van der Waals surface area contributed by atoms with Crippen molar-refractivity contribution in [3.63, 3.8) is 0 Å². The van der Waals surface area contributed by atoms with E-state index in [0.717, 1.165) is 43.7 Å². The molecule has 5 nitrogen and oxygen atoms in total. The Morgan fingerprint density at radius 3 is 2.33 bits per heavy atom. The first-order valence-electron chi connectivity index (χ1n) is 11.7. The molecule has 1 atom stereocenters. The van der Waals surface area contributed by atoms with Gasteiger partial charge in [0.05, 0.1) is 5.92 Å². The van der Waals surface area contributed by atoms with E-state index in [-0.39, 0.29) is 17.7 Å². The molecule has 2 amide bonds. The minimum absolute atomic E-state index is 0.00255. The molecule has 5 heteroatoms. The van der Waals surface area contributed by atoms with Gasteiger partial charge in [-0.2, -0.15) is 0 Å². The number of hydrogen-bond acceptors (Lipinski definition) is 3. The van der Waals surface area contributed by atoms with Crippen molar-refractivity contribution in [3.8, 4) is 0 Å². The van der Waals surface area contributed by atoms with Crippen LogP contribution in [-0.4, -0.2) is 36.3 Å². The number of para-hydroxylation sites is 1. The van der Waals surface area contributed by atoms with Crippen LogP contribution in [0, 0.1) is 5.92 Å². The quantitative estimate of drug-likeness (QED) is 0.639. The lowest BCUT2D eigenvalue weighted by Crippen LogP contribution is -2.43. The predicted octanol–water partition coefficient (Wildman–Crippen LogP) is 4.74. The number of rotatable bonds is 4. The molecule has 0 radical (unpaired) electrons. The van der Waals surface area contributed by atoms with Gasteiger partial charge in [-0.1, -0.05) is 42.5 Å². The van der Waals surface area contributed by atoms with Crippen molar-refractivity contribution >= 4 is 23.2 Å². The Bertz CT molecular complexity index is 1130. The van der Waals surface area contributed by atoms with E-state index in [0.29, 0.717) is 18.7 Å². The largest absolute Gasteiger partial charge is 0.367 e. The van der Waals surface area contributed by atoms with Crippen molar-refractivity contribution in [2.75, 3.05) is 29.9 Å². The summed E-state index contributed by atoms with van der Waals surface area (Å²) in [6, 6.07) is 26.0. The smallest absolute Gasteiger partial charge is 0.253 e. The van der Waals surface area contributed by atoms with Crippen LogP contribution < -0.4 is 10.2 Å². The van der Waals surface area contributed by atoms with Crippen LogP contribution in [0.3, 0.4) is 0 Å². The van der Waals surface area contributed by atoms with Gasteiger partial charge in [0, 0.05) is 43.1 Å². The third kappa shape index (κ3) is 4.77. The van der Waals surface area contributed by atoms with Gasteiger partial charge >= 0.3 is 0 Å². The second-order valence-electron chi connectivity index (χ2n) is 8.93. The Morgan fingerprint density at radius 2 is 1.55 bits per heavy atom. The average molecular weight is 440 g/mol. The van der Waals surface area contributed by atoms with Crippen molar-refractivity contribution in [1.29, 1.82) is 0 Å². The summed E-state index contributed by atoms with van der Waals surface area (Å²) >= 11 is 0. The van der Waals surface area contributed by atoms with Gasteiger partial charge in [0.25, 0.3) is 5.91 Å². The lowest BCUT2D eigenvalue weighted by molar-refractivity contribution is -0.121. The van der Waals surface area contributed by atoms with Crippen molar-refractivity contribution in [2.45, 2.75) is 25.8 Å². The Balaban J connectivity index is 1.22. The predicted molar refractivity (Wildman–Crippen MR) is 131 cm³/mol. The third-order valence-electron chi connectivity index (χ3n) is 6.73. The monoisotopic (exact) mass is 439 g/mol. The zero-order chi connectivity index (χ0) is 22.6. The normalized spacial score (nSPS) is 17.9. The van der Waals surface area contributed by atoms with Gasteiger partial charge in [-0.15, -0.1) is 0 Å². The van der Waals surface area contributed by atoms with Gasteiger partial charge < -0.3 is 15.1 Å². The number of likely N-dealkylation sites (tertiary alicyclic amines) is 1. The highest BCUT2D eigenvalue weighted by molar-refractivity contribution is 5.96. The van der Waals surface area contributed by atoms with Gasteiger partial charge in [0.2, 0.25) is 5.91 Å². The number of carbonyl (C=O) groups is 2. The van der Waals surface area contributed by atoms with E-state index in [1.165, 1.54) is 11.1 Å². The Hall–Kier alpha value is -3.60. The number of anilines is 2. The van der Waals surface area contributed by atoms with Crippen molar-refractivity contribution in [1.82, 2.24) is 4.90 Å². The molecule has 5 rings (SSSR count). The summed E-state index contributed by atoms with van der Waals surface area (Å²) in [5.41, 5.74) is 5.41. The maximum absolute atomic E-state index is 13.2. The first-order chi connectivity index (χ1) is 16.2. The summed E-state index contributed by atoms with van der Waals surface area (Å²) in [4.78, 5) is 30.1. The van der Waals surface area contributed by atoms with Crippen LogP contribution in [0.2, 0.25) is 0 Å². The summed E-state index contributed by atoms with van der Waals surface area (Å²) in [7, 11) is 0. The van der Waals surface area contributed by atoms with E-state index in [9.17, 15) is 9.59 Å². The summed E-state index contributed by atoms with van der Waals surface area (Å²) < 4.78 is 0. The molecule has 0 aromatic heterocycles. The Kier molecular flexibility index (Phi) is 6.11. The molecule has 0 aliphatic carbocycles. The number of fused-ring (bicyclic) bond motifs is 1. The van der Waals surface area contributed by atoms with E-state index in [2.05, 4.69) is 34.5 Å². The van der Waals surface area contributed by atoms with E-state index >= 15 is 0 Å². The SMILES string of the molecule is O=C(Nc1ccccc1)C1CCCN(C(=O)c2ccc(N3CCc4ccccc4C3)cc2)C1. The van der Waals surface area contributed by atoms with Gasteiger partial charge in [-0.25, -0.2) is 0 Å². The molecule has 1 fully saturated rings. The highest BCUT2D eigenvalue weighted by atomic mass is 16.2. The second-order valence-corrected chi connectivity index (χ2v) is 8.93. The molecule has 1 N–H and O–H groups in total. The zero-order valence-corrected chi connectivity index (χ0v) is 18.7. The van der Waals surface area contributed by atoms with Crippen LogP contribution in [0.4, 0.5) is 11.4 Å². The first-order valence-corrected chi connectivity index (χ1v) is 11.7. The van der Waals surface area contributed by atoms with E-state index in [1.807, 2.05) is 59.5 Å². The number of nitrogens with zero attached hydrogens (tertiary/aromatic N) is 2. The third-order valence-corrected chi connectivity index (χ3v) is 6.73. The highest BCUT2D eigenvalue weighted by Gasteiger charge is 2.29. The fourth-order valence-electron chi connectivity index (χ4n) is 4.85. The maximum Gasteiger partial charge on any atom is 0.253 e. The molecule has 3 aromatic carbocycles. The number of piperidine rings is 1. The van der Waals surface area contributed by atoms with Gasteiger partial charge in [0.1, 0.15) is 0 Å². The standard InChI is InChI=1S/C28H29N3O2/c32-27(29-25-10-2-1-3-11-25)24-9-6-17-31(20-24)28(33)22-12-14-26(15-13-22)30-18-16-21-7-4-5-8-23(21)19-30/h1-5,7-8,10-15,24H,6,9,16-20H2,(H,29,32). The molecule has 2 aliphatic heterocycles. The van der Waals surface area contributed by atoms with Crippen LogP contribution >= 0.6 is 0 Å². The molecule has 1 unspecified atom stereocenters. The van der Waals surface area contributed by atoms with Crippen LogP contribution in [0.1, 0.15) is 34.3 Å². The number of amides is 2. The van der Waals surface area contributed by atoms with Crippen LogP contribution in [0.5, 0.6) is 0 Å². The fraction of sp³-hybridized carbons (Fsp3) is 0.286. The van der Waals surface area contributed by atoms with Crippen LogP contribution in [0.25, 0.3) is 0 Å². The highest BCUT2D eigenvalue weighted by Crippen LogP contribution is 2.26. The summed E-state index contributed by atoms with van der Waals surface area (Å²) in [6.45, 7) is 3.03. The number of benzene rings is 3. The van der Waals surface area contributed by atoms with Crippen molar-refractivity contribution in [2.24, 2.45) is 5.92 Å². The molecular formula is C28H29N3O2. The molecule has 0 spiro atoms. The first kappa shape index (κ1) is 21.3. The van der Waals surface area contributed by atoms with Crippen molar-refractivity contribution < 1.29 is 9.59 Å². The lowest BCUT2D eigenvalue weighted by Gasteiger charge is -2.33. The molecule has 2 heterocycles. The van der Waals surface area contributed by atoms with Gasteiger partial charge in [-0.05, 0) is 66.8 Å². The summed E-state index contributed by atoms with van der Waals surface area (Å²) in [5, 5.41) is 2.98. The molecule has 168 valence electrons. The number of hydrogen-bond donors (Lipinski definition) is 1. The van der Waals surface area contributed by atoms with E-state index in [1.54, 1.807) is 0 Å². The molecule has 2 aliphatic rings. The molecule has 0 bridgehead atoms. The lowest BCUT2D eigenvalue weighted by atomic mass is 9.96. The zero-order valence-electron chi connectivity index (χ0n) is 18.7. The maximum atomic E-state index is 13.2. The Morgan fingerprint density at radius 1 is 0.818 bits per heavy atom. The molecule has 1 saturated heterocycles. The minimum atomic E-state index is -0.185. The fourth-order valence-corrected chi connectivity index (χ4v) is 4.85. The molecular weight excluding hydrogens is 410 g/mol. The van der Waals surface area contributed by atoms with Crippen LogP contribution in [0.15, 0.2) is 78.9 Å². The minimum Gasteiger partial charge on any atom is -0.367 e. The van der Waals surface area contributed by atoms with Crippen molar-refractivity contribution in [3.05, 3.63) is 95.6 Å². The number of nitrogens with one attached hydrogen (secondary N) is 1. The molecule has 0 saturated carbocycles. The summed E-state index contributed by atoms with van der Waals surface area (Å²) in [5.74, 6) is -0.197. The molecule has 3 aromatic rings. The average Bonchev–Trinajstić information content (AvgIpc) is 2.89. The van der Waals surface area contributed by atoms with E-state index in [4.69, 9.17) is 0 Å². The van der Waals surface area contributed by atoms with Crippen LogP contribution in [-0.2, 0) is 17.8 Å². The summed E-state index contributed by atoms with van der Waals surface area (Å²) in [6.07, 6.45) is 2.68. The second kappa shape index (κ2) is 9.49. The van der Waals surface area contributed by atoms with E-state index < -0.39 is 0 Å². The topological polar surface area (TPSA) is 52.7 Å². The number of carbonyl (C=O) groups excluding carboxylic acids is 2. The van der Waals surface area contributed by atoms with Gasteiger partial charge in [-0.3, -0.25) is 9.59 Å². The van der Waals surface area contributed by atoms with Gasteiger partial charge in [0.15, 0.2) is 0 Å². The Labute approximate surface area is 195 Å². The molecule has 33 heavy (non-hydrogen) atoms.